The molecule has 1 aromatic heterocycles. The minimum Gasteiger partial charge on any atom is -0.495 e. The molecule has 0 aliphatic heterocycles. The maximum Gasteiger partial charge on any atom is 0.243 e. The normalized spacial score (nSPS) is 12.5. The third kappa shape index (κ3) is 5.72. The number of sulfonamides is 1. The zero-order chi connectivity index (χ0) is 22.4. The lowest BCUT2D eigenvalue weighted by molar-refractivity contribution is -0.114. The summed E-state index contributed by atoms with van der Waals surface area (Å²) in [5.41, 5.74) is 1.22. The minimum atomic E-state index is -3.85. The predicted octanol–water partition coefficient (Wildman–Crippen LogP) is 4.54. The molecule has 0 fully saturated rings. The number of thiophene rings is 1. The van der Waals surface area contributed by atoms with Crippen LogP contribution in [-0.2, 0) is 27.8 Å². The molecule has 3 aromatic rings. The smallest absolute Gasteiger partial charge is 0.243 e. The highest BCUT2D eigenvalue weighted by Gasteiger charge is 2.30. The number of ether oxygens (including phenoxy) is 1. The minimum absolute atomic E-state index is 0.103. The van der Waals surface area contributed by atoms with Crippen LogP contribution in [-0.4, -0.2) is 31.8 Å². The summed E-state index contributed by atoms with van der Waals surface area (Å²) >= 11 is 1.61. The Bertz CT molecular complexity index is 1110. The van der Waals surface area contributed by atoms with E-state index in [1.54, 1.807) is 17.4 Å². The van der Waals surface area contributed by atoms with Gasteiger partial charge in [0.05, 0.1) is 17.7 Å². The number of methoxy groups -OCH3 is 1. The quantitative estimate of drug-likeness (QED) is 0.511. The largest absolute Gasteiger partial charge is 0.495 e. The molecule has 0 aliphatic rings. The molecule has 8 heteroatoms. The van der Waals surface area contributed by atoms with E-state index in [4.69, 9.17) is 4.74 Å². The molecule has 0 radical (unpaired) electrons. The second kappa shape index (κ2) is 10.1. The third-order valence-electron chi connectivity index (χ3n) is 4.84. The van der Waals surface area contributed by atoms with Crippen molar-refractivity contribution in [3.05, 3.63) is 76.5 Å². The summed E-state index contributed by atoms with van der Waals surface area (Å²) in [5, 5.41) is 4.63. The predicted molar refractivity (Wildman–Crippen MR) is 124 cm³/mol. The van der Waals surface area contributed by atoms with Crippen molar-refractivity contribution >= 4 is 33.0 Å². The maximum absolute atomic E-state index is 13.7. The standard InChI is InChI=1S/C23H26N2O4S2/c1-17(14-20-10-7-13-30-20)25(16-19-8-5-4-6-9-19)31(27,28)21-11-12-23(29-3)22(15-21)24-18(2)26/h4-13,15,17H,14,16H2,1-3H3,(H,24,26). The highest BCUT2D eigenvalue weighted by atomic mass is 32.2. The molecule has 0 saturated carbocycles. The number of hydrogen-bond acceptors (Lipinski definition) is 5. The number of nitrogens with one attached hydrogen (secondary N) is 1. The van der Waals surface area contributed by atoms with Gasteiger partial charge in [-0.05, 0) is 48.6 Å². The summed E-state index contributed by atoms with van der Waals surface area (Å²) in [4.78, 5) is 12.8. The van der Waals surface area contributed by atoms with Gasteiger partial charge in [0.2, 0.25) is 15.9 Å². The fourth-order valence-electron chi connectivity index (χ4n) is 3.33. The molecule has 0 spiro atoms. The van der Waals surface area contributed by atoms with Gasteiger partial charge in [-0.2, -0.15) is 4.31 Å². The van der Waals surface area contributed by atoms with Gasteiger partial charge in [0.1, 0.15) is 5.75 Å². The lowest BCUT2D eigenvalue weighted by atomic mass is 10.1. The van der Waals surface area contributed by atoms with E-state index in [9.17, 15) is 13.2 Å². The molecular weight excluding hydrogens is 432 g/mol. The Kier molecular flexibility index (Phi) is 7.48. The summed E-state index contributed by atoms with van der Waals surface area (Å²) in [6, 6.07) is 17.7. The van der Waals surface area contributed by atoms with E-state index in [2.05, 4.69) is 5.32 Å². The van der Waals surface area contributed by atoms with Crippen molar-refractivity contribution in [3.63, 3.8) is 0 Å². The van der Waals surface area contributed by atoms with Crippen LogP contribution in [0.15, 0.2) is 70.9 Å². The van der Waals surface area contributed by atoms with E-state index in [0.29, 0.717) is 17.9 Å². The molecule has 1 amide bonds. The molecule has 164 valence electrons. The van der Waals surface area contributed by atoms with E-state index >= 15 is 0 Å². The summed E-state index contributed by atoms with van der Waals surface area (Å²) in [7, 11) is -2.38. The fourth-order valence-corrected chi connectivity index (χ4v) is 5.80. The first-order chi connectivity index (χ1) is 14.8. The molecule has 31 heavy (non-hydrogen) atoms. The molecule has 3 rings (SSSR count). The number of rotatable bonds is 9. The van der Waals surface area contributed by atoms with Crippen LogP contribution in [0, 0.1) is 0 Å². The van der Waals surface area contributed by atoms with Crippen LogP contribution in [0.5, 0.6) is 5.75 Å². The van der Waals surface area contributed by atoms with Gasteiger partial charge < -0.3 is 10.1 Å². The second-order valence-electron chi connectivity index (χ2n) is 7.21. The van der Waals surface area contributed by atoms with Gasteiger partial charge >= 0.3 is 0 Å². The van der Waals surface area contributed by atoms with E-state index < -0.39 is 10.0 Å². The van der Waals surface area contributed by atoms with Crippen molar-refractivity contribution in [2.24, 2.45) is 0 Å². The van der Waals surface area contributed by atoms with Crippen molar-refractivity contribution in [1.29, 1.82) is 0 Å². The zero-order valence-corrected chi connectivity index (χ0v) is 19.4. The molecular formula is C23H26N2O4S2. The molecule has 1 N–H and O–H groups in total. The Morgan fingerprint density at radius 1 is 1.13 bits per heavy atom. The SMILES string of the molecule is COc1ccc(S(=O)(=O)N(Cc2ccccc2)C(C)Cc2cccs2)cc1NC(C)=O. The Morgan fingerprint density at radius 2 is 1.87 bits per heavy atom. The number of nitrogens with zero attached hydrogens (tertiary/aromatic N) is 1. The van der Waals surface area contributed by atoms with Gasteiger partial charge in [0.15, 0.2) is 0 Å². The number of benzene rings is 2. The lowest BCUT2D eigenvalue weighted by Gasteiger charge is -2.29. The second-order valence-corrected chi connectivity index (χ2v) is 10.1. The van der Waals surface area contributed by atoms with E-state index in [0.717, 1.165) is 10.4 Å². The number of anilines is 1. The number of carbonyl (C=O) groups is 1. The summed E-state index contributed by atoms with van der Waals surface area (Å²) in [5.74, 6) is 0.0930. The molecule has 2 aromatic carbocycles. The highest BCUT2D eigenvalue weighted by molar-refractivity contribution is 7.89. The van der Waals surface area contributed by atoms with Gasteiger partial charge in [-0.25, -0.2) is 8.42 Å². The van der Waals surface area contributed by atoms with Crippen molar-refractivity contribution in [1.82, 2.24) is 4.31 Å². The van der Waals surface area contributed by atoms with Crippen LogP contribution in [0.1, 0.15) is 24.3 Å². The third-order valence-corrected chi connectivity index (χ3v) is 7.69. The average molecular weight is 459 g/mol. The van der Waals surface area contributed by atoms with Crippen LogP contribution in [0.4, 0.5) is 5.69 Å². The van der Waals surface area contributed by atoms with Crippen LogP contribution in [0.2, 0.25) is 0 Å². The first-order valence-electron chi connectivity index (χ1n) is 9.85. The van der Waals surface area contributed by atoms with E-state index in [1.807, 2.05) is 54.8 Å². The molecule has 0 saturated heterocycles. The summed E-state index contributed by atoms with van der Waals surface area (Å²) in [6.45, 7) is 3.53. The lowest BCUT2D eigenvalue weighted by Crippen LogP contribution is -2.39. The molecule has 1 atom stereocenters. The van der Waals surface area contributed by atoms with Gasteiger partial charge in [0, 0.05) is 24.4 Å². The zero-order valence-electron chi connectivity index (χ0n) is 17.7. The van der Waals surface area contributed by atoms with E-state index in [1.165, 1.54) is 30.5 Å². The van der Waals surface area contributed by atoms with Crippen molar-refractivity contribution < 1.29 is 17.9 Å². The van der Waals surface area contributed by atoms with Gasteiger partial charge in [0.25, 0.3) is 0 Å². The van der Waals surface area contributed by atoms with E-state index in [-0.39, 0.29) is 23.4 Å². The Hall–Kier alpha value is -2.68. The first kappa shape index (κ1) is 23.0. The fraction of sp³-hybridized carbons (Fsp3) is 0.261. The summed E-state index contributed by atoms with van der Waals surface area (Å²) in [6.07, 6.45) is 0.610. The molecule has 1 unspecified atom stereocenters. The van der Waals surface area contributed by atoms with Crippen LogP contribution < -0.4 is 10.1 Å². The van der Waals surface area contributed by atoms with Crippen molar-refractivity contribution in [2.45, 2.75) is 37.8 Å². The Balaban J connectivity index is 2.00. The topological polar surface area (TPSA) is 75.7 Å². The van der Waals surface area contributed by atoms with Crippen molar-refractivity contribution in [2.75, 3.05) is 12.4 Å². The summed E-state index contributed by atoms with van der Waals surface area (Å²) < 4.78 is 34.2. The van der Waals surface area contributed by atoms with Gasteiger partial charge in [-0.3, -0.25) is 4.79 Å². The van der Waals surface area contributed by atoms with Gasteiger partial charge in [-0.1, -0.05) is 36.4 Å². The average Bonchev–Trinajstić information content (AvgIpc) is 3.25. The Labute approximate surface area is 187 Å². The number of hydrogen-bond donors (Lipinski definition) is 1. The molecule has 0 aliphatic carbocycles. The van der Waals surface area contributed by atoms with Crippen LogP contribution >= 0.6 is 11.3 Å². The van der Waals surface area contributed by atoms with Crippen LogP contribution in [0.25, 0.3) is 0 Å². The first-order valence-corrected chi connectivity index (χ1v) is 12.2. The monoisotopic (exact) mass is 458 g/mol. The maximum atomic E-state index is 13.7. The van der Waals surface area contributed by atoms with Gasteiger partial charge in [-0.15, -0.1) is 11.3 Å². The van der Waals surface area contributed by atoms with Crippen LogP contribution in [0.3, 0.4) is 0 Å². The Morgan fingerprint density at radius 3 is 2.48 bits per heavy atom. The van der Waals surface area contributed by atoms with Crippen molar-refractivity contribution in [3.8, 4) is 5.75 Å². The molecule has 0 bridgehead atoms. The number of carbonyl (C=O) groups excluding carboxylic acids is 1. The highest BCUT2D eigenvalue weighted by Crippen LogP contribution is 2.31. The molecule has 1 heterocycles. The number of amides is 1. The molecule has 6 nitrogen and oxygen atoms in total.